The third-order valence-corrected chi connectivity index (χ3v) is 6.66. The summed E-state index contributed by atoms with van der Waals surface area (Å²) in [6.07, 6.45) is 3.67. The molecule has 7 heteroatoms. The Kier molecular flexibility index (Phi) is 5.20. The van der Waals surface area contributed by atoms with Gasteiger partial charge in [0.2, 0.25) is 11.9 Å². The third-order valence-electron chi connectivity index (χ3n) is 6.40. The summed E-state index contributed by atoms with van der Waals surface area (Å²) in [7, 11) is 0. The van der Waals surface area contributed by atoms with Crippen LogP contribution in [0.15, 0.2) is 29.3 Å². The number of nitriles is 1. The first-order valence-electron chi connectivity index (χ1n) is 10.1. The molecule has 1 N–H and O–H groups in total. The van der Waals surface area contributed by atoms with Crippen LogP contribution in [0, 0.1) is 23.2 Å². The van der Waals surface area contributed by atoms with Crippen molar-refractivity contribution in [3.05, 3.63) is 29.3 Å². The first kappa shape index (κ1) is 19.1. The molecule has 1 atom stereocenters. The van der Waals surface area contributed by atoms with Gasteiger partial charge in [0.25, 0.3) is 0 Å². The molecule has 0 aromatic heterocycles. The van der Waals surface area contributed by atoms with Crippen molar-refractivity contribution < 1.29 is 4.79 Å². The number of hydrogen-bond acceptors (Lipinski definition) is 5. The molecule has 2 fully saturated rings. The van der Waals surface area contributed by atoms with Crippen molar-refractivity contribution in [1.82, 2.24) is 10.2 Å². The van der Waals surface area contributed by atoms with Gasteiger partial charge in [0.15, 0.2) is 5.92 Å². The first-order valence-corrected chi connectivity index (χ1v) is 10.4. The van der Waals surface area contributed by atoms with E-state index in [9.17, 15) is 10.1 Å². The summed E-state index contributed by atoms with van der Waals surface area (Å²) in [5, 5.41) is 13.3. The fraction of sp³-hybridized carbons (Fsp3) is 0.571. The minimum atomic E-state index is -0.681. The van der Waals surface area contributed by atoms with Crippen molar-refractivity contribution in [2.24, 2.45) is 16.8 Å². The molecule has 28 heavy (non-hydrogen) atoms. The molecule has 1 saturated heterocycles. The maximum Gasteiger partial charge on any atom is 0.246 e. The van der Waals surface area contributed by atoms with E-state index in [1.807, 2.05) is 24.3 Å². The fourth-order valence-electron chi connectivity index (χ4n) is 4.55. The van der Waals surface area contributed by atoms with Crippen LogP contribution in [-0.2, 0) is 4.79 Å². The number of hydrogen-bond donors (Lipinski definition) is 1. The number of guanidine groups is 1. The van der Waals surface area contributed by atoms with Crippen LogP contribution in [0.4, 0.5) is 5.69 Å². The van der Waals surface area contributed by atoms with Crippen molar-refractivity contribution in [1.29, 1.82) is 5.26 Å². The first-order chi connectivity index (χ1) is 13.5. The summed E-state index contributed by atoms with van der Waals surface area (Å²) in [6.45, 7) is 5.50. The maximum atomic E-state index is 12.7. The van der Waals surface area contributed by atoms with Gasteiger partial charge in [0.05, 0.1) is 11.6 Å². The Morgan fingerprint density at radius 3 is 2.36 bits per heavy atom. The molecule has 2 aliphatic heterocycles. The van der Waals surface area contributed by atoms with Crippen LogP contribution in [0.3, 0.4) is 0 Å². The average molecular weight is 400 g/mol. The van der Waals surface area contributed by atoms with Crippen molar-refractivity contribution in [3.8, 4) is 6.07 Å². The predicted molar refractivity (Wildman–Crippen MR) is 110 cm³/mol. The largest absolute Gasteiger partial charge is 0.368 e. The molecule has 1 spiro atoms. The lowest BCUT2D eigenvalue weighted by molar-refractivity contribution is -0.125. The SMILES string of the molecule is CC1CCC2(CC1)N=C(N1CCN(c3ccc(Cl)cc3)CC1)NC(=O)[C@H]2C#N. The summed E-state index contributed by atoms with van der Waals surface area (Å²) in [5.41, 5.74) is 0.604. The molecule has 0 radical (unpaired) electrons. The Labute approximate surface area is 171 Å². The quantitative estimate of drug-likeness (QED) is 0.787. The minimum Gasteiger partial charge on any atom is -0.368 e. The van der Waals surface area contributed by atoms with Crippen LogP contribution in [0.1, 0.15) is 32.6 Å². The fourth-order valence-corrected chi connectivity index (χ4v) is 4.68. The van der Waals surface area contributed by atoms with E-state index in [4.69, 9.17) is 16.6 Å². The lowest BCUT2D eigenvalue weighted by Crippen LogP contribution is -2.60. The zero-order chi connectivity index (χ0) is 19.7. The molecule has 2 heterocycles. The molecule has 1 amide bonds. The van der Waals surface area contributed by atoms with Crippen LogP contribution in [0.5, 0.6) is 0 Å². The van der Waals surface area contributed by atoms with Crippen LogP contribution < -0.4 is 10.2 Å². The monoisotopic (exact) mass is 399 g/mol. The molecular weight excluding hydrogens is 374 g/mol. The van der Waals surface area contributed by atoms with Crippen LogP contribution >= 0.6 is 11.6 Å². The van der Waals surface area contributed by atoms with E-state index >= 15 is 0 Å². The second-order valence-electron chi connectivity index (χ2n) is 8.22. The van der Waals surface area contributed by atoms with E-state index in [2.05, 4.69) is 28.1 Å². The number of piperazine rings is 1. The van der Waals surface area contributed by atoms with E-state index in [0.717, 1.165) is 62.6 Å². The van der Waals surface area contributed by atoms with Crippen LogP contribution in [0.2, 0.25) is 5.02 Å². The number of carbonyl (C=O) groups is 1. The van der Waals surface area contributed by atoms with E-state index in [-0.39, 0.29) is 5.91 Å². The number of rotatable bonds is 1. The Hall–Kier alpha value is -2.26. The molecule has 1 aromatic carbocycles. The number of amides is 1. The number of nitrogens with zero attached hydrogens (tertiary/aromatic N) is 4. The second kappa shape index (κ2) is 7.63. The van der Waals surface area contributed by atoms with Gasteiger partial charge in [-0.05, 0) is 55.9 Å². The number of carbonyl (C=O) groups excluding carboxylic acids is 1. The van der Waals surface area contributed by atoms with Gasteiger partial charge in [-0.25, -0.2) is 4.99 Å². The van der Waals surface area contributed by atoms with Gasteiger partial charge in [-0.2, -0.15) is 5.26 Å². The van der Waals surface area contributed by atoms with Crippen LogP contribution in [0.25, 0.3) is 0 Å². The van der Waals surface area contributed by atoms with Gasteiger partial charge in [0, 0.05) is 36.9 Å². The van der Waals surface area contributed by atoms with Crippen LogP contribution in [-0.4, -0.2) is 48.5 Å². The molecule has 1 aromatic rings. The van der Waals surface area contributed by atoms with E-state index < -0.39 is 11.5 Å². The number of benzene rings is 1. The highest BCUT2D eigenvalue weighted by atomic mass is 35.5. The van der Waals surface area contributed by atoms with E-state index in [1.54, 1.807) is 0 Å². The summed E-state index contributed by atoms with van der Waals surface area (Å²) in [6, 6.07) is 10.1. The molecule has 0 unspecified atom stereocenters. The van der Waals surface area contributed by atoms with Crippen molar-refractivity contribution in [2.45, 2.75) is 38.1 Å². The van der Waals surface area contributed by atoms with Crippen molar-refractivity contribution in [2.75, 3.05) is 31.1 Å². The molecule has 1 aliphatic carbocycles. The number of nitrogens with one attached hydrogen (secondary N) is 1. The van der Waals surface area contributed by atoms with Gasteiger partial charge < -0.3 is 9.80 Å². The molecule has 148 valence electrons. The lowest BCUT2D eigenvalue weighted by atomic mass is 9.70. The van der Waals surface area contributed by atoms with Gasteiger partial charge in [0.1, 0.15) is 0 Å². The van der Waals surface area contributed by atoms with Gasteiger partial charge in [-0.15, -0.1) is 0 Å². The number of anilines is 1. The molecule has 4 rings (SSSR count). The Morgan fingerprint density at radius 2 is 1.75 bits per heavy atom. The van der Waals surface area contributed by atoms with E-state index in [0.29, 0.717) is 11.9 Å². The minimum absolute atomic E-state index is 0.192. The van der Waals surface area contributed by atoms with Gasteiger partial charge in [-0.3, -0.25) is 10.1 Å². The zero-order valence-electron chi connectivity index (χ0n) is 16.2. The van der Waals surface area contributed by atoms with Gasteiger partial charge >= 0.3 is 0 Å². The standard InChI is InChI=1S/C21H26ClN5O/c1-15-6-8-21(9-7-15)18(14-23)19(28)24-20(25-21)27-12-10-26(11-13-27)17-4-2-16(22)3-5-17/h2-5,15,18H,6-13H2,1H3,(H,24,25,28)/t15?,18-,21?/m1/s1. The zero-order valence-corrected chi connectivity index (χ0v) is 17.0. The lowest BCUT2D eigenvalue weighted by Gasteiger charge is -2.45. The molecule has 0 bridgehead atoms. The highest BCUT2D eigenvalue weighted by Gasteiger charge is 2.49. The molecule has 6 nitrogen and oxygen atoms in total. The smallest absolute Gasteiger partial charge is 0.246 e. The Bertz CT molecular complexity index is 799. The topological polar surface area (TPSA) is 71.7 Å². The Balaban J connectivity index is 1.49. The second-order valence-corrected chi connectivity index (χ2v) is 8.66. The van der Waals surface area contributed by atoms with Gasteiger partial charge in [-0.1, -0.05) is 18.5 Å². The third kappa shape index (κ3) is 3.56. The molecule has 3 aliphatic rings. The van der Waals surface area contributed by atoms with E-state index in [1.165, 1.54) is 0 Å². The normalized spacial score (nSPS) is 30.6. The molecular formula is C21H26ClN5O. The predicted octanol–water partition coefficient (Wildman–Crippen LogP) is 3.04. The average Bonchev–Trinajstić information content (AvgIpc) is 2.71. The Morgan fingerprint density at radius 1 is 1.14 bits per heavy atom. The highest BCUT2D eigenvalue weighted by Crippen LogP contribution is 2.41. The maximum absolute atomic E-state index is 12.7. The molecule has 1 saturated carbocycles. The number of halogens is 1. The summed E-state index contributed by atoms with van der Waals surface area (Å²) < 4.78 is 0. The van der Waals surface area contributed by atoms with Crippen molar-refractivity contribution in [3.63, 3.8) is 0 Å². The summed E-state index contributed by atoms with van der Waals surface area (Å²) in [5.74, 6) is 0.416. The number of aliphatic imine (C=N–C) groups is 1. The summed E-state index contributed by atoms with van der Waals surface area (Å²) >= 11 is 5.99. The van der Waals surface area contributed by atoms with Crippen molar-refractivity contribution >= 4 is 29.2 Å². The summed E-state index contributed by atoms with van der Waals surface area (Å²) in [4.78, 5) is 22.1. The highest BCUT2D eigenvalue weighted by molar-refractivity contribution is 6.30.